The number of nitrogens with two attached hydrogens (primary N) is 1. The summed E-state index contributed by atoms with van der Waals surface area (Å²) in [6.07, 6.45) is -0.250. The zero-order chi connectivity index (χ0) is 17.1. The highest BCUT2D eigenvalue weighted by Gasteiger charge is 2.27. The largest absolute Gasteiger partial charge is 0.370 e. The Hall–Kier alpha value is -2.02. The van der Waals surface area contributed by atoms with Crippen molar-refractivity contribution in [2.24, 2.45) is 5.73 Å². The third-order valence-electron chi connectivity index (χ3n) is 4.18. The maximum atomic E-state index is 13.1. The van der Waals surface area contributed by atoms with E-state index < -0.39 is 0 Å². The fraction of sp³-hybridized carbons (Fsp3) is 0.333. The van der Waals surface area contributed by atoms with Crippen molar-refractivity contribution < 1.29 is 13.9 Å². The molecular formula is C18H21ClFN3O2. The fourth-order valence-electron chi connectivity index (χ4n) is 2.84. The van der Waals surface area contributed by atoms with Crippen LogP contribution in [0.3, 0.4) is 0 Å². The molecule has 134 valence electrons. The fourth-order valence-corrected chi connectivity index (χ4v) is 2.84. The summed E-state index contributed by atoms with van der Waals surface area (Å²) in [6.45, 7) is 3.56. The average Bonchev–Trinajstić information content (AvgIpc) is 2.61. The van der Waals surface area contributed by atoms with Crippen molar-refractivity contribution >= 4 is 18.3 Å². The van der Waals surface area contributed by atoms with Crippen LogP contribution in [0.1, 0.15) is 33.4 Å². The SMILES string of the molecule is Cc1nc(CN)ccc1C(=O)N1CCOC(c2ccc(F)cc2)C1.Cl. The van der Waals surface area contributed by atoms with E-state index in [1.807, 2.05) is 6.92 Å². The van der Waals surface area contributed by atoms with Gasteiger partial charge in [0.25, 0.3) is 5.91 Å². The normalized spacial score (nSPS) is 17.1. The number of benzene rings is 1. The van der Waals surface area contributed by atoms with E-state index >= 15 is 0 Å². The predicted molar refractivity (Wildman–Crippen MR) is 95.1 cm³/mol. The van der Waals surface area contributed by atoms with Crippen LogP contribution in [0.25, 0.3) is 0 Å². The number of rotatable bonds is 3. The predicted octanol–water partition coefficient (Wildman–Crippen LogP) is 2.62. The molecule has 2 aromatic rings. The zero-order valence-corrected chi connectivity index (χ0v) is 14.8. The Bertz CT molecular complexity index is 740. The summed E-state index contributed by atoms with van der Waals surface area (Å²) in [4.78, 5) is 18.9. The molecule has 0 spiro atoms. The number of carbonyl (C=O) groups is 1. The summed E-state index contributed by atoms with van der Waals surface area (Å²) >= 11 is 0. The van der Waals surface area contributed by atoms with Crippen molar-refractivity contribution in [1.29, 1.82) is 0 Å². The summed E-state index contributed by atoms with van der Waals surface area (Å²) in [5.41, 5.74) is 8.45. The third-order valence-corrected chi connectivity index (χ3v) is 4.18. The zero-order valence-electron chi connectivity index (χ0n) is 13.9. The molecule has 1 fully saturated rings. The highest BCUT2D eigenvalue weighted by Crippen LogP contribution is 2.24. The van der Waals surface area contributed by atoms with Gasteiger partial charge in [-0.15, -0.1) is 12.4 Å². The van der Waals surface area contributed by atoms with Crippen LogP contribution in [0, 0.1) is 12.7 Å². The topological polar surface area (TPSA) is 68.5 Å². The number of ether oxygens (including phenoxy) is 1. The second-order valence-electron chi connectivity index (χ2n) is 5.80. The number of hydrogen-bond donors (Lipinski definition) is 1. The molecule has 25 heavy (non-hydrogen) atoms. The minimum absolute atomic E-state index is 0. The first-order chi connectivity index (χ1) is 11.6. The van der Waals surface area contributed by atoms with Crippen molar-refractivity contribution in [1.82, 2.24) is 9.88 Å². The molecule has 1 unspecified atom stereocenters. The number of morpholine rings is 1. The standard InChI is InChI=1S/C18H20FN3O2.ClH/c1-12-16(7-6-15(10-20)21-12)18(23)22-8-9-24-17(11-22)13-2-4-14(19)5-3-13;/h2-7,17H,8-11,20H2,1H3;1H. The molecule has 0 bridgehead atoms. The Morgan fingerprint density at radius 3 is 2.68 bits per heavy atom. The van der Waals surface area contributed by atoms with Gasteiger partial charge in [-0.1, -0.05) is 12.1 Å². The lowest BCUT2D eigenvalue weighted by Crippen LogP contribution is -2.42. The van der Waals surface area contributed by atoms with Crippen LogP contribution in [0.5, 0.6) is 0 Å². The molecule has 1 aliphatic rings. The molecule has 1 aliphatic heterocycles. The van der Waals surface area contributed by atoms with Gasteiger partial charge in [0.1, 0.15) is 11.9 Å². The van der Waals surface area contributed by atoms with Crippen molar-refractivity contribution in [2.75, 3.05) is 19.7 Å². The highest BCUT2D eigenvalue weighted by atomic mass is 35.5. The van der Waals surface area contributed by atoms with Gasteiger partial charge in [-0.25, -0.2) is 4.39 Å². The van der Waals surface area contributed by atoms with E-state index in [-0.39, 0.29) is 30.2 Å². The summed E-state index contributed by atoms with van der Waals surface area (Å²) in [5.74, 6) is -0.358. The first-order valence-corrected chi connectivity index (χ1v) is 7.91. The monoisotopic (exact) mass is 365 g/mol. The Morgan fingerprint density at radius 2 is 2.04 bits per heavy atom. The molecule has 0 radical (unpaired) electrons. The van der Waals surface area contributed by atoms with E-state index in [0.29, 0.717) is 37.5 Å². The van der Waals surface area contributed by atoms with E-state index in [0.717, 1.165) is 11.3 Å². The number of amides is 1. The van der Waals surface area contributed by atoms with E-state index in [2.05, 4.69) is 4.98 Å². The van der Waals surface area contributed by atoms with E-state index in [1.54, 1.807) is 29.2 Å². The summed E-state index contributed by atoms with van der Waals surface area (Å²) in [7, 11) is 0. The van der Waals surface area contributed by atoms with Gasteiger partial charge in [0, 0.05) is 13.1 Å². The van der Waals surface area contributed by atoms with Gasteiger partial charge in [0.05, 0.1) is 30.1 Å². The lowest BCUT2D eigenvalue weighted by molar-refractivity contribution is -0.0228. The summed E-state index contributed by atoms with van der Waals surface area (Å²) in [5, 5.41) is 0. The van der Waals surface area contributed by atoms with Gasteiger partial charge in [0.15, 0.2) is 0 Å². The molecule has 2 N–H and O–H groups in total. The van der Waals surface area contributed by atoms with Gasteiger partial charge in [-0.05, 0) is 36.8 Å². The summed E-state index contributed by atoms with van der Waals surface area (Å²) in [6, 6.07) is 9.74. The lowest BCUT2D eigenvalue weighted by Gasteiger charge is -2.33. The van der Waals surface area contributed by atoms with Crippen molar-refractivity contribution in [2.45, 2.75) is 19.6 Å². The highest BCUT2D eigenvalue weighted by molar-refractivity contribution is 5.95. The second-order valence-corrected chi connectivity index (χ2v) is 5.80. The third kappa shape index (κ3) is 4.34. The van der Waals surface area contributed by atoms with Crippen LogP contribution in [-0.4, -0.2) is 35.5 Å². The number of hydrogen-bond acceptors (Lipinski definition) is 4. The maximum absolute atomic E-state index is 13.1. The molecule has 3 rings (SSSR count). The number of halogens is 2. The first kappa shape index (κ1) is 19.3. The van der Waals surface area contributed by atoms with Crippen LogP contribution < -0.4 is 5.73 Å². The van der Waals surface area contributed by atoms with Gasteiger partial charge >= 0.3 is 0 Å². The smallest absolute Gasteiger partial charge is 0.255 e. The Morgan fingerprint density at radius 1 is 1.32 bits per heavy atom. The molecule has 5 nitrogen and oxygen atoms in total. The molecule has 0 aliphatic carbocycles. The van der Waals surface area contributed by atoms with Gasteiger partial charge in [0.2, 0.25) is 0 Å². The summed E-state index contributed by atoms with van der Waals surface area (Å²) < 4.78 is 18.8. The molecule has 1 saturated heterocycles. The number of aromatic nitrogens is 1. The second kappa shape index (κ2) is 8.38. The van der Waals surface area contributed by atoms with Crippen molar-refractivity contribution in [3.63, 3.8) is 0 Å². The van der Waals surface area contributed by atoms with E-state index in [9.17, 15) is 9.18 Å². The minimum atomic E-state index is -0.288. The number of aryl methyl sites for hydroxylation is 1. The minimum Gasteiger partial charge on any atom is -0.370 e. The number of carbonyl (C=O) groups excluding carboxylic acids is 1. The van der Waals surface area contributed by atoms with E-state index in [1.165, 1.54) is 12.1 Å². The van der Waals surface area contributed by atoms with Gasteiger partial charge in [-0.3, -0.25) is 9.78 Å². The quantitative estimate of drug-likeness (QED) is 0.907. The molecule has 1 aromatic carbocycles. The van der Waals surface area contributed by atoms with Crippen molar-refractivity contribution in [3.05, 3.63) is 64.7 Å². The lowest BCUT2D eigenvalue weighted by atomic mass is 10.1. The first-order valence-electron chi connectivity index (χ1n) is 7.91. The van der Waals surface area contributed by atoms with Crippen molar-refractivity contribution in [3.8, 4) is 0 Å². The van der Waals surface area contributed by atoms with Crippen LogP contribution in [0.15, 0.2) is 36.4 Å². The number of nitrogens with zero attached hydrogens (tertiary/aromatic N) is 2. The maximum Gasteiger partial charge on any atom is 0.255 e. The Kier molecular flexibility index (Phi) is 6.47. The average molecular weight is 366 g/mol. The molecule has 0 saturated carbocycles. The Balaban J connectivity index is 0.00000225. The molecular weight excluding hydrogens is 345 g/mol. The van der Waals surface area contributed by atoms with Crippen LogP contribution in [0.4, 0.5) is 4.39 Å². The van der Waals surface area contributed by atoms with E-state index in [4.69, 9.17) is 10.5 Å². The van der Waals surface area contributed by atoms with Crippen LogP contribution >= 0.6 is 12.4 Å². The van der Waals surface area contributed by atoms with Gasteiger partial charge < -0.3 is 15.4 Å². The number of pyridine rings is 1. The molecule has 2 heterocycles. The Labute approximate surface area is 152 Å². The molecule has 7 heteroatoms. The van der Waals surface area contributed by atoms with Crippen LogP contribution in [-0.2, 0) is 11.3 Å². The molecule has 1 amide bonds. The van der Waals surface area contributed by atoms with Crippen LogP contribution in [0.2, 0.25) is 0 Å². The molecule has 1 aromatic heterocycles. The van der Waals surface area contributed by atoms with Gasteiger partial charge in [-0.2, -0.15) is 0 Å². The molecule has 1 atom stereocenters.